The quantitative estimate of drug-likeness (QED) is 0.734. The molecule has 2 unspecified atom stereocenters. The van der Waals surface area contributed by atoms with Gasteiger partial charge in [0.15, 0.2) is 0 Å². The summed E-state index contributed by atoms with van der Waals surface area (Å²) in [6.45, 7) is 1.13. The molecule has 0 amide bonds. The molecule has 1 saturated carbocycles. The van der Waals surface area contributed by atoms with Gasteiger partial charge in [-0.3, -0.25) is 4.79 Å². The fourth-order valence-corrected chi connectivity index (χ4v) is 3.35. The van der Waals surface area contributed by atoms with Gasteiger partial charge in [0.05, 0.1) is 10.7 Å². The third kappa shape index (κ3) is 1.52. The maximum atomic E-state index is 10.6. The van der Waals surface area contributed by atoms with Crippen molar-refractivity contribution in [2.75, 3.05) is 11.4 Å². The number of anilines is 1. The van der Waals surface area contributed by atoms with E-state index in [1.165, 1.54) is 19.3 Å². The number of piperidine rings is 1. The number of rotatable bonds is 2. The molecule has 2 nitrogen and oxygen atoms in total. The average molecular weight is 236 g/mol. The highest BCUT2D eigenvalue weighted by Crippen LogP contribution is 2.42. The molecule has 0 spiro atoms. The Kier molecular flexibility index (Phi) is 2.40. The minimum Gasteiger partial charge on any atom is -0.367 e. The van der Waals surface area contributed by atoms with E-state index in [9.17, 15) is 4.79 Å². The van der Waals surface area contributed by atoms with Crippen molar-refractivity contribution in [2.45, 2.75) is 25.3 Å². The van der Waals surface area contributed by atoms with Gasteiger partial charge in [-0.1, -0.05) is 11.6 Å². The summed E-state index contributed by atoms with van der Waals surface area (Å²) in [7, 11) is 0. The SMILES string of the molecule is O=Cc1ccc(N2CC3CCC2C3)c(Cl)c1. The van der Waals surface area contributed by atoms with E-state index in [-0.39, 0.29) is 0 Å². The van der Waals surface area contributed by atoms with E-state index < -0.39 is 0 Å². The monoisotopic (exact) mass is 235 g/mol. The molecule has 0 N–H and O–H groups in total. The van der Waals surface area contributed by atoms with Crippen LogP contribution >= 0.6 is 11.6 Å². The molecule has 0 aromatic heterocycles. The third-order valence-electron chi connectivity index (χ3n) is 3.83. The van der Waals surface area contributed by atoms with Crippen LogP contribution in [0.3, 0.4) is 0 Å². The number of hydrogen-bond donors (Lipinski definition) is 0. The lowest BCUT2D eigenvalue weighted by Crippen LogP contribution is -2.32. The Morgan fingerprint density at radius 2 is 2.25 bits per heavy atom. The minimum atomic E-state index is 0.651. The van der Waals surface area contributed by atoms with Gasteiger partial charge in [0.2, 0.25) is 0 Å². The molecule has 2 bridgehead atoms. The number of nitrogens with zero attached hydrogens (tertiary/aromatic N) is 1. The van der Waals surface area contributed by atoms with Crippen LogP contribution in [0.1, 0.15) is 29.6 Å². The largest absolute Gasteiger partial charge is 0.367 e. The molecule has 16 heavy (non-hydrogen) atoms. The molecule has 2 atom stereocenters. The van der Waals surface area contributed by atoms with Crippen LogP contribution in [0.2, 0.25) is 5.02 Å². The summed E-state index contributed by atoms with van der Waals surface area (Å²) in [5.74, 6) is 0.854. The maximum Gasteiger partial charge on any atom is 0.150 e. The smallest absolute Gasteiger partial charge is 0.150 e. The summed E-state index contributed by atoms with van der Waals surface area (Å²) >= 11 is 6.22. The first-order chi connectivity index (χ1) is 7.78. The van der Waals surface area contributed by atoms with Gasteiger partial charge >= 0.3 is 0 Å². The number of carbonyl (C=O) groups excluding carboxylic acids is 1. The first kappa shape index (κ1) is 10.2. The lowest BCUT2D eigenvalue weighted by atomic mass is 10.1. The molecular weight excluding hydrogens is 222 g/mol. The Bertz CT molecular complexity index is 432. The summed E-state index contributed by atoms with van der Waals surface area (Å²) in [5, 5.41) is 0.706. The van der Waals surface area contributed by atoms with Crippen LogP contribution in [0.4, 0.5) is 5.69 Å². The maximum absolute atomic E-state index is 10.6. The summed E-state index contributed by atoms with van der Waals surface area (Å²) < 4.78 is 0. The highest BCUT2D eigenvalue weighted by atomic mass is 35.5. The van der Waals surface area contributed by atoms with Crippen LogP contribution in [0, 0.1) is 5.92 Å². The Labute approximate surface area is 100 Å². The molecule has 2 aliphatic rings. The van der Waals surface area contributed by atoms with E-state index in [1.54, 1.807) is 6.07 Å². The topological polar surface area (TPSA) is 20.3 Å². The molecule has 1 aromatic rings. The van der Waals surface area contributed by atoms with E-state index in [4.69, 9.17) is 11.6 Å². The van der Waals surface area contributed by atoms with Crippen molar-refractivity contribution in [3.63, 3.8) is 0 Å². The molecule has 2 fully saturated rings. The summed E-state index contributed by atoms with van der Waals surface area (Å²) in [5.41, 5.74) is 1.75. The zero-order valence-corrected chi connectivity index (χ0v) is 9.78. The van der Waals surface area contributed by atoms with Crippen molar-refractivity contribution >= 4 is 23.6 Å². The first-order valence-electron chi connectivity index (χ1n) is 5.79. The second kappa shape index (κ2) is 3.77. The molecule has 3 heteroatoms. The van der Waals surface area contributed by atoms with E-state index in [0.29, 0.717) is 16.6 Å². The van der Waals surface area contributed by atoms with Gasteiger partial charge in [-0.15, -0.1) is 0 Å². The fraction of sp³-hybridized carbons (Fsp3) is 0.462. The molecular formula is C13H14ClNO. The van der Waals surface area contributed by atoms with Crippen molar-refractivity contribution in [1.29, 1.82) is 0 Å². The van der Waals surface area contributed by atoms with E-state index >= 15 is 0 Å². The molecule has 1 saturated heterocycles. The molecule has 84 valence electrons. The highest BCUT2D eigenvalue weighted by molar-refractivity contribution is 6.33. The van der Waals surface area contributed by atoms with Crippen molar-refractivity contribution in [3.8, 4) is 0 Å². The van der Waals surface area contributed by atoms with Crippen LogP contribution in [-0.2, 0) is 0 Å². The molecule has 0 radical (unpaired) electrons. The second-order valence-corrected chi connectivity index (χ2v) is 5.22. The van der Waals surface area contributed by atoms with Crippen molar-refractivity contribution in [2.24, 2.45) is 5.92 Å². The minimum absolute atomic E-state index is 0.651. The number of fused-ring (bicyclic) bond motifs is 2. The molecule has 1 aliphatic carbocycles. The van der Waals surface area contributed by atoms with Gasteiger partial charge in [0, 0.05) is 18.2 Å². The Morgan fingerprint density at radius 1 is 1.38 bits per heavy atom. The first-order valence-corrected chi connectivity index (χ1v) is 6.17. The molecule has 1 aliphatic heterocycles. The number of hydrogen-bond acceptors (Lipinski definition) is 2. The number of halogens is 1. The second-order valence-electron chi connectivity index (χ2n) is 4.81. The Morgan fingerprint density at radius 3 is 2.81 bits per heavy atom. The zero-order chi connectivity index (χ0) is 11.1. The lowest BCUT2D eigenvalue weighted by Gasteiger charge is -2.30. The van der Waals surface area contributed by atoms with E-state index in [2.05, 4.69) is 4.90 Å². The van der Waals surface area contributed by atoms with Gasteiger partial charge in [0.1, 0.15) is 6.29 Å². The molecule has 3 rings (SSSR count). The summed E-state index contributed by atoms with van der Waals surface area (Å²) in [4.78, 5) is 13.1. The van der Waals surface area contributed by atoms with Gasteiger partial charge < -0.3 is 4.90 Å². The van der Waals surface area contributed by atoms with Crippen LogP contribution < -0.4 is 4.90 Å². The van der Waals surface area contributed by atoms with Gasteiger partial charge in [-0.05, 0) is 43.4 Å². The summed E-state index contributed by atoms with van der Waals surface area (Å²) in [6, 6.07) is 6.26. The highest BCUT2D eigenvalue weighted by Gasteiger charge is 2.38. The summed E-state index contributed by atoms with van der Waals surface area (Å²) in [6.07, 6.45) is 4.80. The van der Waals surface area contributed by atoms with E-state index in [1.807, 2.05) is 12.1 Å². The van der Waals surface area contributed by atoms with Gasteiger partial charge in [0.25, 0.3) is 0 Å². The van der Waals surface area contributed by atoms with Gasteiger partial charge in [-0.25, -0.2) is 0 Å². The Hall–Kier alpha value is -1.02. The number of carbonyl (C=O) groups is 1. The standard InChI is InChI=1S/C13H14ClNO/c14-12-6-10(8-16)2-4-13(12)15-7-9-1-3-11(15)5-9/h2,4,6,8-9,11H,1,3,5,7H2. The van der Waals surface area contributed by atoms with Crippen LogP contribution in [0.15, 0.2) is 18.2 Å². The fourth-order valence-electron chi connectivity index (χ4n) is 3.05. The molecule has 1 aromatic carbocycles. The average Bonchev–Trinajstić information content (AvgIpc) is 2.90. The zero-order valence-electron chi connectivity index (χ0n) is 9.03. The van der Waals surface area contributed by atoms with Crippen LogP contribution in [0.5, 0.6) is 0 Å². The third-order valence-corrected chi connectivity index (χ3v) is 4.13. The number of benzene rings is 1. The lowest BCUT2D eigenvalue weighted by molar-refractivity contribution is 0.112. The van der Waals surface area contributed by atoms with Crippen molar-refractivity contribution < 1.29 is 4.79 Å². The van der Waals surface area contributed by atoms with Crippen molar-refractivity contribution in [1.82, 2.24) is 0 Å². The van der Waals surface area contributed by atoms with Gasteiger partial charge in [-0.2, -0.15) is 0 Å². The van der Waals surface area contributed by atoms with Crippen molar-refractivity contribution in [3.05, 3.63) is 28.8 Å². The van der Waals surface area contributed by atoms with E-state index in [0.717, 1.165) is 24.4 Å². The predicted molar refractivity (Wildman–Crippen MR) is 65.3 cm³/mol. The van der Waals surface area contributed by atoms with Crippen LogP contribution in [-0.4, -0.2) is 18.9 Å². The Balaban J connectivity index is 1.92. The predicted octanol–water partition coefficient (Wildman–Crippen LogP) is 3.14. The number of aldehydes is 1. The normalized spacial score (nSPS) is 27.4. The molecule has 1 heterocycles. The van der Waals surface area contributed by atoms with Crippen LogP contribution in [0.25, 0.3) is 0 Å².